The minimum atomic E-state index is -4.64. The number of Topliss-reactive ketones (excluding diaryl/α,β-unsaturated/α-hetero) is 1. The molecule has 2 amide bonds. The van der Waals surface area contributed by atoms with Gasteiger partial charge in [0.05, 0.1) is 19.8 Å². The Balaban J connectivity index is 1.20. The van der Waals surface area contributed by atoms with Crippen molar-refractivity contribution in [1.82, 2.24) is 30.6 Å². The molecule has 0 aliphatic heterocycles. The van der Waals surface area contributed by atoms with Gasteiger partial charge in [0.2, 0.25) is 23.6 Å². The van der Waals surface area contributed by atoms with Crippen molar-refractivity contribution >= 4 is 52.8 Å². The fraction of sp³-hybridized carbons (Fsp3) is 0.314. The molecule has 0 bridgehead atoms. The maximum Gasteiger partial charge on any atom is 0.422 e. The summed E-state index contributed by atoms with van der Waals surface area (Å²) >= 11 is 6.03. The third-order valence-electron chi connectivity index (χ3n) is 8.02. The number of ether oxygens (including phenoxy) is 3. The zero-order valence-corrected chi connectivity index (χ0v) is 29.6. The van der Waals surface area contributed by atoms with Crippen molar-refractivity contribution in [2.45, 2.75) is 43.4 Å². The smallest absolute Gasteiger partial charge is 0.422 e. The van der Waals surface area contributed by atoms with Gasteiger partial charge in [-0.25, -0.2) is 9.78 Å². The Morgan fingerprint density at radius 2 is 1.65 bits per heavy atom. The van der Waals surface area contributed by atoms with Crippen molar-refractivity contribution in [2.24, 2.45) is 0 Å². The molecule has 1 aliphatic rings. The number of anilines is 3. The molecule has 54 heavy (non-hydrogen) atoms. The molecule has 4 aromatic rings. The number of alkyl halides is 3. The minimum Gasteiger partial charge on any atom is -0.481 e. The first-order valence-corrected chi connectivity index (χ1v) is 16.7. The number of hydrogen-bond donors (Lipinski definition) is 4. The number of methoxy groups -OCH3 is 2. The zero-order valence-electron chi connectivity index (χ0n) is 28.8. The highest BCUT2D eigenvalue weighted by Crippen LogP contribution is 2.48. The fourth-order valence-corrected chi connectivity index (χ4v) is 5.23. The highest BCUT2D eigenvalue weighted by atomic mass is 35.5. The van der Waals surface area contributed by atoms with E-state index in [0.29, 0.717) is 29.1 Å². The van der Waals surface area contributed by atoms with E-state index in [0.717, 1.165) is 12.7 Å². The summed E-state index contributed by atoms with van der Waals surface area (Å²) in [4.78, 5) is 66.6. The highest BCUT2D eigenvalue weighted by Gasteiger charge is 2.45. The summed E-state index contributed by atoms with van der Waals surface area (Å²) in [5, 5.41) is 11.6. The second-order valence-electron chi connectivity index (χ2n) is 12.0. The lowest BCUT2D eigenvalue weighted by molar-refractivity contribution is -0.154. The molecule has 1 aliphatic carbocycles. The predicted octanol–water partition coefficient (Wildman–Crippen LogP) is 4.30. The van der Waals surface area contributed by atoms with Crippen LogP contribution in [-0.2, 0) is 31.1 Å². The molecular formula is C35H34ClF3N8O7. The summed E-state index contributed by atoms with van der Waals surface area (Å²) in [6.07, 6.45) is -2.06. The molecule has 1 atom stereocenters. The zero-order chi connectivity index (χ0) is 38.9. The third-order valence-corrected chi connectivity index (χ3v) is 8.27. The van der Waals surface area contributed by atoms with Crippen LogP contribution in [0.3, 0.4) is 0 Å². The van der Waals surface area contributed by atoms with E-state index >= 15 is 0 Å². The first-order chi connectivity index (χ1) is 25.8. The van der Waals surface area contributed by atoms with Gasteiger partial charge < -0.3 is 35.5 Å². The van der Waals surface area contributed by atoms with E-state index in [4.69, 9.17) is 25.8 Å². The molecular weight excluding hydrogens is 737 g/mol. The predicted molar refractivity (Wildman–Crippen MR) is 187 cm³/mol. The molecule has 4 N–H and O–H groups in total. The number of esters is 1. The standard InChI is InChI=1S/C35H34ClF3N8O7/c1-52-27-18-20(11-15-40-27)17-26(48)29(50)41-16-12-25(30(51)53-2)43-28(49)21-3-9-24(10-4-21)42-31-44-32(46-33(45-31)54-19-35(37,38)39)47-34(13-14-34)22-5-7-23(36)8-6-22/h3-11,15,18,25H,12-14,16-17,19H2,1-2H3,(H,41,50)(H,43,49)(H2,42,44,45,46,47)/t25-/m0/s1. The van der Waals surface area contributed by atoms with E-state index in [1.165, 1.54) is 43.6 Å². The average Bonchev–Trinajstić information content (AvgIpc) is 3.93. The fourth-order valence-electron chi connectivity index (χ4n) is 5.11. The van der Waals surface area contributed by atoms with Gasteiger partial charge in [0.1, 0.15) is 6.04 Å². The molecule has 1 fully saturated rings. The third kappa shape index (κ3) is 11.0. The quantitative estimate of drug-likeness (QED) is 0.0877. The number of carbonyl (C=O) groups is 4. The largest absolute Gasteiger partial charge is 0.481 e. The van der Waals surface area contributed by atoms with Crippen LogP contribution in [0.15, 0.2) is 66.9 Å². The van der Waals surface area contributed by atoms with Crippen LogP contribution in [0.1, 0.15) is 40.7 Å². The Labute approximate surface area is 311 Å². The molecule has 0 unspecified atom stereocenters. The monoisotopic (exact) mass is 770 g/mol. The van der Waals surface area contributed by atoms with Crippen LogP contribution in [0.2, 0.25) is 5.02 Å². The van der Waals surface area contributed by atoms with Gasteiger partial charge in [-0.15, -0.1) is 0 Å². The highest BCUT2D eigenvalue weighted by molar-refractivity contribution is 6.36. The number of amides is 2. The molecule has 0 radical (unpaired) electrons. The van der Waals surface area contributed by atoms with Crippen LogP contribution in [0.5, 0.6) is 11.9 Å². The van der Waals surface area contributed by atoms with Crippen molar-refractivity contribution in [2.75, 3.05) is 38.0 Å². The number of nitrogens with zero attached hydrogens (tertiary/aromatic N) is 4. The maximum atomic E-state index is 13.1. The van der Waals surface area contributed by atoms with Crippen molar-refractivity contribution in [3.05, 3.63) is 88.6 Å². The molecule has 2 heterocycles. The summed E-state index contributed by atoms with van der Waals surface area (Å²) < 4.78 is 53.5. The van der Waals surface area contributed by atoms with Crippen molar-refractivity contribution in [3.63, 3.8) is 0 Å². The molecule has 5 rings (SSSR count). The first-order valence-electron chi connectivity index (χ1n) is 16.3. The molecule has 0 saturated heterocycles. The molecule has 19 heteroatoms. The number of hydrogen-bond acceptors (Lipinski definition) is 13. The lowest BCUT2D eigenvalue weighted by Crippen LogP contribution is -2.44. The van der Waals surface area contributed by atoms with Crippen LogP contribution < -0.4 is 30.7 Å². The maximum absolute atomic E-state index is 13.1. The van der Waals surface area contributed by atoms with Crippen LogP contribution in [0, 0.1) is 0 Å². The second-order valence-corrected chi connectivity index (χ2v) is 12.4. The van der Waals surface area contributed by atoms with Crippen molar-refractivity contribution in [1.29, 1.82) is 0 Å². The summed E-state index contributed by atoms with van der Waals surface area (Å²) in [5.74, 6) is -2.92. The van der Waals surface area contributed by atoms with E-state index in [-0.39, 0.29) is 42.7 Å². The SMILES string of the molecule is COC(=O)[C@H](CCNC(=O)C(=O)Cc1ccnc(OC)c1)NC(=O)c1ccc(Nc2nc(NC3(c4ccc(Cl)cc4)CC3)nc(OCC(F)(F)F)n2)cc1. The van der Waals surface area contributed by atoms with Gasteiger partial charge in [0.15, 0.2) is 6.61 Å². The van der Waals surface area contributed by atoms with Gasteiger partial charge >= 0.3 is 18.2 Å². The van der Waals surface area contributed by atoms with E-state index in [1.807, 2.05) is 12.1 Å². The Morgan fingerprint density at radius 1 is 0.944 bits per heavy atom. The van der Waals surface area contributed by atoms with Gasteiger partial charge in [-0.05, 0) is 72.9 Å². The Hall–Kier alpha value is -6.04. The Morgan fingerprint density at radius 3 is 2.30 bits per heavy atom. The second kappa shape index (κ2) is 17.2. The normalized spacial score (nSPS) is 13.5. The summed E-state index contributed by atoms with van der Waals surface area (Å²) in [7, 11) is 2.56. The number of pyridine rings is 1. The van der Waals surface area contributed by atoms with E-state index in [2.05, 4.69) is 41.2 Å². The van der Waals surface area contributed by atoms with Crippen molar-refractivity contribution in [3.8, 4) is 11.9 Å². The number of benzene rings is 2. The van der Waals surface area contributed by atoms with Gasteiger partial charge in [0, 0.05) is 41.5 Å². The molecule has 0 spiro atoms. The molecule has 284 valence electrons. The molecule has 15 nitrogen and oxygen atoms in total. The lowest BCUT2D eigenvalue weighted by atomic mass is 10.1. The number of carbonyl (C=O) groups excluding carboxylic acids is 4. The molecule has 2 aromatic carbocycles. The number of halogens is 4. The number of ketones is 1. The van der Waals surface area contributed by atoms with E-state index < -0.39 is 53.9 Å². The topological polar surface area (TPSA) is 196 Å². The summed E-state index contributed by atoms with van der Waals surface area (Å²) in [6, 6.07) is 14.3. The van der Waals surface area contributed by atoms with Crippen LogP contribution in [-0.4, -0.2) is 83.1 Å². The Kier molecular flexibility index (Phi) is 12.5. The number of nitrogens with one attached hydrogen (secondary N) is 4. The summed E-state index contributed by atoms with van der Waals surface area (Å²) in [5.41, 5.74) is 1.34. The number of rotatable bonds is 17. The van der Waals surface area contributed by atoms with Gasteiger partial charge in [-0.3, -0.25) is 14.4 Å². The van der Waals surface area contributed by atoms with Crippen LogP contribution in [0.4, 0.5) is 30.8 Å². The van der Waals surface area contributed by atoms with Crippen molar-refractivity contribution < 1.29 is 46.6 Å². The van der Waals surface area contributed by atoms with E-state index in [1.54, 1.807) is 18.2 Å². The van der Waals surface area contributed by atoms with Crippen LogP contribution >= 0.6 is 11.6 Å². The number of aromatic nitrogens is 4. The first kappa shape index (κ1) is 39.2. The summed E-state index contributed by atoms with van der Waals surface area (Å²) in [6.45, 7) is -1.76. The van der Waals surface area contributed by atoms with Gasteiger partial charge in [0.25, 0.3) is 11.8 Å². The molecule has 1 saturated carbocycles. The van der Waals surface area contributed by atoms with Gasteiger partial charge in [-0.2, -0.15) is 28.1 Å². The van der Waals surface area contributed by atoms with Gasteiger partial charge in [-0.1, -0.05) is 23.7 Å². The Bertz CT molecular complexity index is 1980. The lowest BCUT2D eigenvalue weighted by Gasteiger charge is -2.19. The molecule has 2 aromatic heterocycles. The van der Waals surface area contributed by atoms with Crippen LogP contribution in [0.25, 0.3) is 0 Å². The minimum absolute atomic E-state index is 0.0306. The van der Waals surface area contributed by atoms with E-state index in [9.17, 15) is 32.3 Å². The average molecular weight is 771 g/mol.